The molecule has 0 fully saturated rings. The predicted octanol–water partition coefficient (Wildman–Crippen LogP) is 16.6. The second-order valence-corrected chi connectivity index (χ2v) is 19.1. The number of imidazole rings is 1. The third-order valence-corrected chi connectivity index (χ3v) is 12.3. The van der Waals surface area contributed by atoms with E-state index in [0.29, 0.717) is 50.4 Å². The quantitative estimate of drug-likeness (QED) is 0.149. The van der Waals surface area contributed by atoms with E-state index < -0.39 is 18.6 Å². The van der Waals surface area contributed by atoms with Crippen molar-refractivity contribution >= 4 is 11.0 Å². The van der Waals surface area contributed by atoms with Gasteiger partial charge in [-0.3, -0.25) is 9.55 Å². The third kappa shape index (κ3) is 8.36. The molecule has 0 aliphatic carbocycles. The minimum Gasteiger partial charge on any atom is -0.507 e. The molecule has 0 radical (unpaired) electrons. The molecule has 4 heteroatoms. The molecule has 0 saturated heterocycles. The maximum absolute atomic E-state index is 12.3. The van der Waals surface area contributed by atoms with Crippen molar-refractivity contribution in [2.24, 2.45) is 0 Å². The molecule has 1 N–H and O–H groups in total. The SMILES string of the molecule is [2H]C([2H])([2H])c1cc(-c2c(C([2H])(C)C)cccc2C([2H])(C)C)ccc1-n1c(-c2cc(C(C)C)cc(C(C)C)c2O)nc2c(-c3cc(-c4cc(-c5ccccc5)ccn4)cc(C(C)(C)C)c3)cccc21. The number of nitrogens with zero attached hydrogens (tertiary/aromatic N) is 3. The molecule has 0 aliphatic rings. The molecule has 8 rings (SSSR count). The van der Waals surface area contributed by atoms with E-state index in [1.165, 1.54) is 0 Å². The molecule has 320 valence electrons. The number of para-hydroxylation sites is 1. The summed E-state index contributed by atoms with van der Waals surface area (Å²) < 4.78 is 47.6. The lowest BCUT2D eigenvalue weighted by Gasteiger charge is -2.22. The average Bonchev–Trinajstić information content (AvgIpc) is 3.67. The summed E-state index contributed by atoms with van der Waals surface area (Å²) >= 11 is 0. The van der Waals surface area contributed by atoms with Crippen LogP contribution in [-0.2, 0) is 5.41 Å². The van der Waals surface area contributed by atoms with Crippen molar-refractivity contribution in [3.8, 4) is 67.5 Å². The number of aromatic nitrogens is 3. The minimum absolute atomic E-state index is 0.0116. The topological polar surface area (TPSA) is 50.9 Å². The van der Waals surface area contributed by atoms with Crippen LogP contribution in [0.5, 0.6) is 5.75 Å². The lowest BCUT2D eigenvalue weighted by Crippen LogP contribution is -2.11. The van der Waals surface area contributed by atoms with E-state index in [1.54, 1.807) is 6.07 Å². The predicted molar refractivity (Wildman–Crippen MR) is 268 cm³/mol. The van der Waals surface area contributed by atoms with Crippen LogP contribution in [0, 0.1) is 6.85 Å². The molecule has 8 aromatic rings. The minimum atomic E-state index is -2.61. The number of aromatic hydroxyl groups is 1. The van der Waals surface area contributed by atoms with Gasteiger partial charge in [-0.1, -0.05) is 155 Å². The van der Waals surface area contributed by atoms with Crippen LogP contribution in [0.2, 0.25) is 0 Å². The largest absolute Gasteiger partial charge is 0.507 e. The fourth-order valence-electron chi connectivity index (χ4n) is 8.73. The average molecular weight is 835 g/mol. The molecule has 4 nitrogen and oxygen atoms in total. The van der Waals surface area contributed by atoms with Crippen molar-refractivity contribution in [3.63, 3.8) is 0 Å². The molecular weight excluding hydrogens is 767 g/mol. The molecule has 0 bridgehead atoms. The second-order valence-electron chi connectivity index (χ2n) is 19.1. The first-order valence-corrected chi connectivity index (χ1v) is 22.2. The molecule has 0 spiro atoms. The van der Waals surface area contributed by atoms with Crippen LogP contribution in [-0.4, -0.2) is 19.6 Å². The number of hydrogen-bond donors (Lipinski definition) is 1. The van der Waals surface area contributed by atoms with Crippen LogP contribution in [0.1, 0.15) is 140 Å². The molecule has 0 atom stereocenters. The van der Waals surface area contributed by atoms with E-state index in [4.69, 9.17) is 16.8 Å². The Kier molecular flexibility index (Phi) is 10.1. The summed E-state index contributed by atoms with van der Waals surface area (Å²) in [5.41, 5.74) is 13.4. The zero-order valence-electron chi connectivity index (χ0n) is 43.6. The van der Waals surface area contributed by atoms with Crippen LogP contribution in [0.15, 0.2) is 134 Å². The molecule has 0 saturated carbocycles. The number of benzene rings is 6. The van der Waals surface area contributed by atoms with Crippen LogP contribution in [0.3, 0.4) is 0 Å². The highest BCUT2D eigenvalue weighted by Gasteiger charge is 2.26. The summed E-state index contributed by atoms with van der Waals surface area (Å²) in [5, 5.41) is 12.3. The maximum atomic E-state index is 12.3. The van der Waals surface area contributed by atoms with Gasteiger partial charge in [0.2, 0.25) is 0 Å². The summed E-state index contributed by atoms with van der Waals surface area (Å²) in [6.45, 7) is 19.6. The standard InChI is InChI=1S/C59H63N3O/c1-35(2)43-32-50(38(7)8)57(63)51(33-43)58-61-56-49(44-29-45(31-46(30-44)59(10,11)12)52-34-41(26-27-60-52)40-18-14-13-15-19-40)22-17-23-54(56)62(58)53-25-24-42(28-39(53)9)55-47(36(3)4)20-16-21-48(55)37(5)6/h13-38,63H,1-12H3/i9D3,36D,37D. The number of phenolic OH excluding ortho intramolecular Hbond substituents is 1. The van der Waals surface area contributed by atoms with Gasteiger partial charge in [0, 0.05) is 24.2 Å². The summed E-state index contributed by atoms with van der Waals surface area (Å²) in [5.74, 6) is -1.46. The Bertz CT molecular complexity index is 3150. The summed E-state index contributed by atoms with van der Waals surface area (Å²) in [7, 11) is 0. The maximum Gasteiger partial charge on any atom is 0.149 e. The number of aryl methyl sites for hydroxylation is 1. The molecule has 2 aromatic heterocycles. The van der Waals surface area contributed by atoms with Gasteiger partial charge in [-0.25, -0.2) is 4.98 Å². The van der Waals surface area contributed by atoms with E-state index in [2.05, 4.69) is 97.0 Å². The van der Waals surface area contributed by atoms with Gasteiger partial charge in [-0.15, -0.1) is 0 Å². The van der Waals surface area contributed by atoms with Crippen molar-refractivity contribution in [3.05, 3.63) is 167 Å². The fraction of sp³-hybridized carbons (Fsp3) is 0.288. The smallest absolute Gasteiger partial charge is 0.149 e. The van der Waals surface area contributed by atoms with Gasteiger partial charge < -0.3 is 5.11 Å². The van der Waals surface area contributed by atoms with Crippen LogP contribution >= 0.6 is 0 Å². The van der Waals surface area contributed by atoms with Gasteiger partial charge in [0.1, 0.15) is 11.6 Å². The number of phenols is 1. The Balaban J connectivity index is 1.46. The van der Waals surface area contributed by atoms with Crippen LogP contribution in [0.4, 0.5) is 0 Å². The molecule has 0 unspecified atom stereocenters. The fourth-order valence-corrected chi connectivity index (χ4v) is 8.73. The lowest BCUT2D eigenvalue weighted by atomic mass is 9.83. The van der Waals surface area contributed by atoms with E-state index in [1.807, 2.05) is 111 Å². The zero-order valence-corrected chi connectivity index (χ0v) is 38.6. The van der Waals surface area contributed by atoms with Gasteiger partial charge in [-0.05, 0) is 146 Å². The third-order valence-electron chi connectivity index (χ3n) is 12.3. The van der Waals surface area contributed by atoms with E-state index >= 15 is 0 Å². The molecule has 6 aromatic carbocycles. The van der Waals surface area contributed by atoms with Gasteiger partial charge in [0.05, 0.1) is 28.0 Å². The van der Waals surface area contributed by atoms with Gasteiger partial charge in [-0.2, -0.15) is 0 Å². The second kappa shape index (κ2) is 17.1. The molecule has 2 heterocycles. The number of rotatable bonds is 10. The Morgan fingerprint density at radius 1 is 0.603 bits per heavy atom. The monoisotopic (exact) mass is 835 g/mol. The summed E-state index contributed by atoms with van der Waals surface area (Å²) in [6.07, 6.45) is 1.85. The van der Waals surface area contributed by atoms with Crippen molar-refractivity contribution in [2.45, 2.75) is 112 Å². The van der Waals surface area contributed by atoms with Gasteiger partial charge in [0.25, 0.3) is 0 Å². The van der Waals surface area contributed by atoms with Crippen molar-refractivity contribution in [1.82, 2.24) is 14.5 Å². The highest BCUT2D eigenvalue weighted by atomic mass is 16.3. The van der Waals surface area contributed by atoms with Crippen molar-refractivity contribution in [2.75, 3.05) is 0 Å². The highest BCUT2D eigenvalue weighted by Crippen LogP contribution is 2.44. The van der Waals surface area contributed by atoms with E-state index in [0.717, 1.165) is 50.2 Å². The normalized spacial score (nSPS) is 13.8. The van der Waals surface area contributed by atoms with Crippen LogP contribution < -0.4 is 0 Å². The zero-order chi connectivity index (χ0) is 49.2. The van der Waals surface area contributed by atoms with E-state index in [-0.39, 0.29) is 28.6 Å². The van der Waals surface area contributed by atoms with Gasteiger partial charge in [0.15, 0.2) is 0 Å². The highest BCUT2D eigenvalue weighted by molar-refractivity contribution is 5.97. The van der Waals surface area contributed by atoms with Crippen molar-refractivity contribution in [1.29, 1.82) is 0 Å². The first-order chi connectivity index (χ1) is 31.8. The summed E-state index contributed by atoms with van der Waals surface area (Å²) in [4.78, 5) is 10.4. The van der Waals surface area contributed by atoms with Gasteiger partial charge >= 0.3 is 0 Å². The molecular formula is C59H63N3O. The Morgan fingerprint density at radius 3 is 1.95 bits per heavy atom. The molecule has 0 aliphatic heterocycles. The van der Waals surface area contributed by atoms with Crippen LogP contribution in [0.25, 0.3) is 72.7 Å². The summed E-state index contributed by atoms with van der Waals surface area (Å²) in [6, 6.07) is 42.2. The Hall–Kier alpha value is -6.26. The lowest BCUT2D eigenvalue weighted by molar-refractivity contribution is 0.466. The number of pyridine rings is 1. The number of fused-ring (bicyclic) bond motifs is 1. The van der Waals surface area contributed by atoms with E-state index in [9.17, 15) is 5.11 Å². The molecule has 63 heavy (non-hydrogen) atoms. The first-order valence-electron chi connectivity index (χ1n) is 24.7. The first kappa shape index (κ1) is 37.3. The number of hydrogen-bond acceptors (Lipinski definition) is 3. The molecule has 0 amide bonds. The van der Waals surface area contributed by atoms with Crippen molar-refractivity contribution < 1.29 is 12.0 Å². The Morgan fingerprint density at radius 2 is 1.30 bits per heavy atom. The Labute approximate surface area is 382 Å².